The summed E-state index contributed by atoms with van der Waals surface area (Å²) >= 11 is 0. The molecular formula is C17H16O5. The van der Waals surface area contributed by atoms with Crippen molar-refractivity contribution in [2.45, 2.75) is 0 Å². The molecule has 0 radical (unpaired) electrons. The molecule has 5 heteroatoms. The smallest absolute Gasteiger partial charge is 0.335 e. The van der Waals surface area contributed by atoms with Crippen molar-refractivity contribution in [2.75, 3.05) is 0 Å². The van der Waals surface area contributed by atoms with E-state index in [0.717, 1.165) is 0 Å². The molecule has 2 aromatic carbocycles. The van der Waals surface area contributed by atoms with E-state index in [4.69, 9.17) is 15.0 Å². The summed E-state index contributed by atoms with van der Waals surface area (Å²) in [6, 6.07) is 16.6. The van der Waals surface area contributed by atoms with Gasteiger partial charge in [0.1, 0.15) is 6.29 Å². The number of carboxylic acid groups (broad SMARTS) is 2. The van der Waals surface area contributed by atoms with Gasteiger partial charge in [0, 0.05) is 0 Å². The second-order valence-electron chi connectivity index (χ2n) is 3.71. The van der Waals surface area contributed by atoms with E-state index in [9.17, 15) is 9.59 Å². The largest absolute Gasteiger partial charge is 0.478 e. The van der Waals surface area contributed by atoms with Gasteiger partial charge in [-0.3, -0.25) is 4.79 Å². The fourth-order valence-corrected chi connectivity index (χ4v) is 1.16. The Bertz CT molecular complexity index is 535. The topological polar surface area (TPSA) is 91.7 Å². The number of hydrogen-bond donors (Lipinski definition) is 2. The maximum absolute atomic E-state index is 10.2. The Labute approximate surface area is 128 Å². The molecule has 0 spiro atoms. The van der Waals surface area contributed by atoms with Gasteiger partial charge < -0.3 is 10.2 Å². The lowest BCUT2D eigenvalue weighted by atomic mass is 10.2. The first-order valence-electron chi connectivity index (χ1n) is 6.15. The number of carbonyl (C=O) groups excluding carboxylic acids is 1. The lowest BCUT2D eigenvalue weighted by molar-refractivity contribution is -0.104. The van der Waals surface area contributed by atoms with Crippen molar-refractivity contribution in [3.05, 3.63) is 84.4 Å². The second kappa shape index (κ2) is 11.6. The van der Waals surface area contributed by atoms with Crippen molar-refractivity contribution in [2.24, 2.45) is 0 Å². The molecule has 22 heavy (non-hydrogen) atoms. The summed E-state index contributed by atoms with van der Waals surface area (Å²) in [5.41, 5.74) is 0.662. The minimum absolute atomic E-state index is 0.331. The average Bonchev–Trinajstić information content (AvgIpc) is 2.57. The molecular weight excluding hydrogens is 284 g/mol. The molecule has 0 unspecified atom stereocenters. The standard InChI is InChI=1S/2C7H6O2.C3H4O/c2*8-7(9)6-4-2-1-3-5-6;1-2-3-4/h2*1-5H,(H,8,9);2-3H,1H2. The lowest BCUT2D eigenvalue weighted by Crippen LogP contribution is -1.93. The van der Waals surface area contributed by atoms with Crippen molar-refractivity contribution in [1.29, 1.82) is 0 Å². The third kappa shape index (κ3) is 8.82. The van der Waals surface area contributed by atoms with Gasteiger partial charge in [0.15, 0.2) is 0 Å². The lowest BCUT2D eigenvalue weighted by Gasteiger charge is -1.88. The summed E-state index contributed by atoms with van der Waals surface area (Å²) in [4.78, 5) is 29.5. The molecule has 0 aliphatic carbocycles. The maximum Gasteiger partial charge on any atom is 0.335 e. The number of rotatable bonds is 3. The number of aldehydes is 1. The van der Waals surface area contributed by atoms with Crippen LogP contribution in [0.4, 0.5) is 0 Å². The SMILES string of the molecule is C=CC=O.O=C(O)c1ccccc1.O=C(O)c1ccccc1. The summed E-state index contributed by atoms with van der Waals surface area (Å²) in [7, 11) is 0. The molecule has 0 saturated carbocycles. The van der Waals surface area contributed by atoms with Gasteiger partial charge in [-0.1, -0.05) is 43.0 Å². The quantitative estimate of drug-likeness (QED) is 0.671. The van der Waals surface area contributed by atoms with Gasteiger partial charge in [0.05, 0.1) is 11.1 Å². The van der Waals surface area contributed by atoms with Crippen LogP contribution in [-0.2, 0) is 4.79 Å². The third-order valence-electron chi connectivity index (χ3n) is 2.14. The Morgan fingerprint density at radius 1 is 0.773 bits per heavy atom. The highest BCUT2D eigenvalue weighted by atomic mass is 16.4. The van der Waals surface area contributed by atoms with Crippen LogP contribution in [0, 0.1) is 0 Å². The monoisotopic (exact) mass is 300 g/mol. The Morgan fingerprint density at radius 2 is 1.05 bits per heavy atom. The first-order valence-corrected chi connectivity index (χ1v) is 6.15. The van der Waals surface area contributed by atoms with Crippen LogP contribution in [-0.4, -0.2) is 28.4 Å². The Kier molecular flexibility index (Phi) is 9.91. The van der Waals surface area contributed by atoms with E-state index in [1.54, 1.807) is 60.7 Å². The Balaban J connectivity index is 0.000000326. The number of aromatic carboxylic acids is 2. The predicted molar refractivity (Wildman–Crippen MR) is 83.1 cm³/mol. The summed E-state index contributed by atoms with van der Waals surface area (Å²) in [6.45, 7) is 3.11. The van der Waals surface area contributed by atoms with E-state index in [-0.39, 0.29) is 0 Å². The van der Waals surface area contributed by atoms with Crippen LogP contribution < -0.4 is 0 Å². The normalized spacial score (nSPS) is 8.18. The second-order valence-corrected chi connectivity index (χ2v) is 3.71. The van der Waals surface area contributed by atoms with Crippen LogP contribution in [0.5, 0.6) is 0 Å². The first-order chi connectivity index (χ1) is 10.5. The van der Waals surface area contributed by atoms with Gasteiger partial charge in [0.25, 0.3) is 0 Å². The van der Waals surface area contributed by atoms with E-state index in [1.165, 1.54) is 6.08 Å². The van der Waals surface area contributed by atoms with Crippen molar-refractivity contribution in [1.82, 2.24) is 0 Å². The molecule has 114 valence electrons. The minimum atomic E-state index is -0.879. The molecule has 0 heterocycles. The molecule has 0 fully saturated rings. The van der Waals surface area contributed by atoms with E-state index < -0.39 is 11.9 Å². The summed E-state index contributed by atoms with van der Waals surface area (Å²) < 4.78 is 0. The van der Waals surface area contributed by atoms with Crippen molar-refractivity contribution >= 4 is 18.2 Å². The van der Waals surface area contributed by atoms with E-state index in [0.29, 0.717) is 17.4 Å². The minimum Gasteiger partial charge on any atom is -0.478 e. The molecule has 2 rings (SSSR count). The molecule has 0 amide bonds. The molecule has 0 aromatic heterocycles. The van der Waals surface area contributed by atoms with Crippen LogP contribution in [0.2, 0.25) is 0 Å². The van der Waals surface area contributed by atoms with Crippen LogP contribution in [0.25, 0.3) is 0 Å². The highest BCUT2D eigenvalue weighted by Crippen LogP contribution is 1.96. The highest BCUT2D eigenvalue weighted by Gasteiger charge is 1.97. The van der Waals surface area contributed by atoms with E-state index >= 15 is 0 Å². The van der Waals surface area contributed by atoms with Crippen molar-refractivity contribution in [3.8, 4) is 0 Å². The van der Waals surface area contributed by atoms with E-state index in [1.807, 2.05) is 0 Å². The zero-order valence-corrected chi connectivity index (χ0v) is 11.8. The molecule has 0 atom stereocenters. The van der Waals surface area contributed by atoms with Gasteiger partial charge >= 0.3 is 11.9 Å². The molecule has 2 N–H and O–H groups in total. The van der Waals surface area contributed by atoms with Crippen LogP contribution in [0.1, 0.15) is 20.7 Å². The molecule has 0 bridgehead atoms. The number of carboxylic acids is 2. The van der Waals surface area contributed by atoms with Crippen LogP contribution >= 0.6 is 0 Å². The number of hydrogen-bond acceptors (Lipinski definition) is 3. The third-order valence-corrected chi connectivity index (χ3v) is 2.14. The summed E-state index contributed by atoms with van der Waals surface area (Å²) in [5.74, 6) is -1.76. The predicted octanol–water partition coefficient (Wildman–Crippen LogP) is 3.14. The van der Waals surface area contributed by atoms with Crippen molar-refractivity contribution < 1.29 is 24.6 Å². The zero-order chi connectivity index (χ0) is 16.8. The number of carbonyl (C=O) groups is 3. The van der Waals surface area contributed by atoms with Crippen LogP contribution in [0.15, 0.2) is 73.3 Å². The van der Waals surface area contributed by atoms with Crippen LogP contribution in [0.3, 0.4) is 0 Å². The molecule has 5 nitrogen and oxygen atoms in total. The van der Waals surface area contributed by atoms with Gasteiger partial charge in [0.2, 0.25) is 0 Å². The van der Waals surface area contributed by atoms with Gasteiger partial charge in [-0.2, -0.15) is 0 Å². The zero-order valence-electron chi connectivity index (χ0n) is 11.8. The number of benzene rings is 2. The average molecular weight is 300 g/mol. The van der Waals surface area contributed by atoms with Gasteiger partial charge in [-0.05, 0) is 30.3 Å². The highest BCUT2D eigenvalue weighted by molar-refractivity contribution is 5.87. The summed E-state index contributed by atoms with van der Waals surface area (Å²) in [5, 5.41) is 16.8. The van der Waals surface area contributed by atoms with E-state index in [2.05, 4.69) is 6.58 Å². The van der Waals surface area contributed by atoms with Gasteiger partial charge in [-0.15, -0.1) is 0 Å². The van der Waals surface area contributed by atoms with Gasteiger partial charge in [-0.25, -0.2) is 9.59 Å². The fourth-order valence-electron chi connectivity index (χ4n) is 1.16. The fraction of sp³-hybridized carbons (Fsp3) is 0. The number of allylic oxidation sites excluding steroid dienone is 1. The first kappa shape index (κ1) is 18.8. The molecule has 0 aliphatic rings. The maximum atomic E-state index is 10.2. The Hall–Kier alpha value is -3.21. The Morgan fingerprint density at radius 3 is 1.18 bits per heavy atom. The summed E-state index contributed by atoms with van der Waals surface area (Å²) in [6.07, 6.45) is 1.83. The molecule has 2 aromatic rings. The molecule has 0 aliphatic heterocycles. The van der Waals surface area contributed by atoms with Crippen molar-refractivity contribution in [3.63, 3.8) is 0 Å². The molecule has 0 saturated heterocycles.